The molecule has 0 radical (unpaired) electrons. The van der Waals surface area contributed by atoms with Gasteiger partial charge < -0.3 is 10.0 Å². The molecule has 0 bridgehead atoms. The highest BCUT2D eigenvalue weighted by atomic mass is 16.4. The maximum absolute atomic E-state index is 12.0. The summed E-state index contributed by atoms with van der Waals surface area (Å²) in [6.07, 6.45) is 2.18. The van der Waals surface area contributed by atoms with Crippen LogP contribution in [-0.4, -0.2) is 34.5 Å². The molecule has 0 aromatic heterocycles. The number of hydrogen-bond acceptors (Lipinski definition) is 2. The molecule has 0 aliphatic carbocycles. The molecule has 0 unspecified atom stereocenters. The first kappa shape index (κ1) is 13.2. The number of hydrogen-bond donors (Lipinski definition) is 1. The van der Waals surface area contributed by atoms with E-state index in [4.69, 9.17) is 5.11 Å². The van der Waals surface area contributed by atoms with Crippen LogP contribution in [0.2, 0.25) is 0 Å². The molecule has 0 spiro atoms. The monoisotopic (exact) mass is 257 g/mol. The number of likely N-dealkylation sites (tertiary alicyclic amines) is 1. The molecule has 1 aromatic carbocycles. The van der Waals surface area contributed by atoms with Gasteiger partial charge in [0.05, 0.1) is 0 Å². The maximum atomic E-state index is 12.0. The predicted octanol–water partition coefficient (Wildman–Crippen LogP) is 1.50. The SMILES string of the molecule is O=C(O)[C@@H]1CCCCN1C(=O)C#Cc1ccccc1. The van der Waals surface area contributed by atoms with Crippen LogP contribution in [0.15, 0.2) is 30.3 Å². The molecule has 1 atom stereocenters. The van der Waals surface area contributed by atoms with Crippen LogP contribution in [0.1, 0.15) is 24.8 Å². The van der Waals surface area contributed by atoms with Crippen LogP contribution in [0.5, 0.6) is 0 Å². The standard InChI is InChI=1S/C15H15NO3/c17-14(10-9-12-6-2-1-3-7-12)16-11-5-4-8-13(16)15(18)19/h1-3,6-7,13H,4-5,8,11H2,(H,18,19)/t13-/m0/s1. The Morgan fingerprint density at radius 1 is 1.21 bits per heavy atom. The fraction of sp³-hybridized carbons (Fsp3) is 0.333. The molecule has 1 fully saturated rings. The normalized spacial score (nSPS) is 18.3. The Labute approximate surface area is 112 Å². The van der Waals surface area contributed by atoms with Crippen molar-refractivity contribution < 1.29 is 14.7 Å². The third-order valence-corrected chi connectivity index (χ3v) is 3.14. The van der Waals surface area contributed by atoms with Gasteiger partial charge in [-0.3, -0.25) is 4.79 Å². The molecule has 1 aromatic rings. The molecule has 1 saturated heterocycles. The van der Waals surface area contributed by atoms with Gasteiger partial charge in [-0.2, -0.15) is 0 Å². The molecule has 1 aliphatic heterocycles. The quantitative estimate of drug-likeness (QED) is 0.776. The Hall–Kier alpha value is -2.28. The second-order valence-electron chi connectivity index (χ2n) is 4.46. The lowest BCUT2D eigenvalue weighted by Gasteiger charge is -2.31. The van der Waals surface area contributed by atoms with Crippen LogP contribution >= 0.6 is 0 Å². The average molecular weight is 257 g/mol. The van der Waals surface area contributed by atoms with Crippen LogP contribution in [-0.2, 0) is 9.59 Å². The summed E-state index contributed by atoms with van der Waals surface area (Å²) in [7, 11) is 0. The van der Waals surface area contributed by atoms with Crippen LogP contribution in [0, 0.1) is 11.8 Å². The number of piperidine rings is 1. The van der Waals surface area contributed by atoms with E-state index >= 15 is 0 Å². The van der Waals surface area contributed by atoms with Crippen molar-refractivity contribution >= 4 is 11.9 Å². The first-order valence-electron chi connectivity index (χ1n) is 6.29. The lowest BCUT2D eigenvalue weighted by atomic mass is 10.0. The summed E-state index contributed by atoms with van der Waals surface area (Å²) in [6.45, 7) is 0.471. The Balaban J connectivity index is 2.10. The van der Waals surface area contributed by atoms with Gasteiger partial charge in [-0.05, 0) is 31.4 Å². The number of benzene rings is 1. The van der Waals surface area contributed by atoms with Gasteiger partial charge in [0.1, 0.15) is 6.04 Å². The zero-order valence-corrected chi connectivity index (χ0v) is 10.5. The molecule has 1 heterocycles. The Kier molecular flexibility index (Phi) is 4.19. The van der Waals surface area contributed by atoms with E-state index in [-0.39, 0.29) is 0 Å². The number of nitrogens with zero attached hydrogens (tertiary/aromatic N) is 1. The molecule has 1 amide bonds. The number of rotatable bonds is 1. The van der Waals surface area contributed by atoms with Crippen molar-refractivity contribution in [1.29, 1.82) is 0 Å². The molecule has 19 heavy (non-hydrogen) atoms. The zero-order chi connectivity index (χ0) is 13.7. The van der Waals surface area contributed by atoms with Gasteiger partial charge in [0.25, 0.3) is 5.91 Å². The highest BCUT2D eigenvalue weighted by Crippen LogP contribution is 2.17. The summed E-state index contributed by atoms with van der Waals surface area (Å²) in [5.74, 6) is 3.94. The predicted molar refractivity (Wildman–Crippen MR) is 70.3 cm³/mol. The van der Waals surface area contributed by atoms with Crippen LogP contribution < -0.4 is 0 Å². The number of carboxylic acid groups (broad SMARTS) is 1. The molecular formula is C15H15NO3. The maximum Gasteiger partial charge on any atom is 0.326 e. The van der Waals surface area contributed by atoms with Crippen molar-refractivity contribution in [3.05, 3.63) is 35.9 Å². The van der Waals surface area contributed by atoms with Crippen molar-refractivity contribution in [2.45, 2.75) is 25.3 Å². The van der Waals surface area contributed by atoms with Crippen LogP contribution in [0.25, 0.3) is 0 Å². The van der Waals surface area contributed by atoms with E-state index in [2.05, 4.69) is 11.8 Å². The molecule has 4 nitrogen and oxygen atoms in total. The summed E-state index contributed by atoms with van der Waals surface area (Å²) >= 11 is 0. The van der Waals surface area contributed by atoms with E-state index < -0.39 is 17.9 Å². The number of carbonyl (C=O) groups is 2. The lowest BCUT2D eigenvalue weighted by molar-refractivity contribution is -0.149. The molecular weight excluding hydrogens is 242 g/mol. The summed E-state index contributed by atoms with van der Waals surface area (Å²) < 4.78 is 0. The van der Waals surface area contributed by atoms with Gasteiger partial charge >= 0.3 is 5.97 Å². The minimum absolute atomic E-state index is 0.407. The summed E-state index contributed by atoms with van der Waals surface area (Å²) in [5.41, 5.74) is 0.750. The van der Waals surface area contributed by atoms with Crippen LogP contribution in [0.3, 0.4) is 0 Å². The van der Waals surface area contributed by atoms with Crippen molar-refractivity contribution in [1.82, 2.24) is 4.90 Å². The minimum Gasteiger partial charge on any atom is -0.480 e. The highest BCUT2D eigenvalue weighted by Gasteiger charge is 2.31. The molecule has 1 N–H and O–H groups in total. The smallest absolute Gasteiger partial charge is 0.326 e. The number of aliphatic carboxylic acids is 1. The summed E-state index contributed by atoms with van der Waals surface area (Å²) in [5, 5.41) is 9.10. The first-order valence-corrected chi connectivity index (χ1v) is 6.29. The van der Waals surface area contributed by atoms with Gasteiger partial charge in [-0.15, -0.1) is 0 Å². The van der Waals surface area contributed by atoms with E-state index in [9.17, 15) is 9.59 Å². The summed E-state index contributed by atoms with van der Waals surface area (Å²) in [6, 6.07) is 8.45. The van der Waals surface area contributed by atoms with Crippen molar-refractivity contribution in [2.24, 2.45) is 0 Å². The van der Waals surface area contributed by atoms with Crippen molar-refractivity contribution in [3.63, 3.8) is 0 Å². The highest BCUT2D eigenvalue weighted by molar-refractivity contribution is 5.96. The third-order valence-electron chi connectivity index (χ3n) is 3.14. The van der Waals surface area contributed by atoms with E-state index in [1.165, 1.54) is 4.90 Å². The molecule has 1 aliphatic rings. The average Bonchev–Trinajstić information content (AvgIpc) is 2.46. The minimum atomic E-state index is -0.949. The largest absolute Gasteiger partial charge is 0.480 e. The lowest BCUT2D eigenvalue weighted by Crippen LogP contribution is -2.47. The third kappa shape index (κ3) is 3.35. The first-order chi connectivity index (χ1) is 9.18. The van der Waals surface area contributed by atoms with Crippen molar-refractivity contribution in [3.8, 4) is 11.8 Å². The summed E-state index contributed by atoms with van der Waals surface area (Å²) in [4.78, 5) is 24.4. The second-order valence-corrected chi connectivity index (χ2v) is 4.46. The Morgan fingerprint density at radius 2 is 1.95 bits per heavy atom. The Bertz CT molecular complexity index is 527. The molecule has 2 rings (SSSR count). The second kappa shape index (κ2) is 6.05. The fourth-order valence-corrected chi connectivity index (χ4v) is 2.15. The van der Waals surface area contributed by atoms with Gasteiger partial charge in [0.15, 0.2) is 0 Å². The Morgan fingerprint density at radius 3 is 2.63 bits per heavy atom. The number of carbonyl (C=O) groups excluding carboxylic acids is 1. The van der Waals surface area contributed by atoms with Crippen LogP contribution in [0.4, 0.5) is 0 Å². The van der Waals surface area contributed by atoms with E-state index in [0.29, 0.717) is 13.0 Å². The van der Waals surface area contributed by atoms with Gasteiger partial charge in [0.2, 0.25) is 0 Å². The van der Waals surface area contributed by atoms with E-state index in [1.807, 2.05) is 30.3 Å². The van der Waals surface area contributed by atoms with Crippen molar-refractivity contribution in [2.75, 3.05) is 6.54 Å². The van der Waals surface area contributed by atoms with Gasteiger partial charge in [0, 0.05) is 18.0 Å². The number of carboxylic acids is 1. The molecule has 98 valence electrons. The fourth-order valence-electron chi connectivity index (χ4n) is 2.15. The van der Waals surface area contributed by atoms with Gasteiger partial charge in [-0.1, -0.05) is 24.1 Å². The van der Waals surface area contributed by atoms with E-state index in [1.54, 1.807) is 0 Å². The molecule has 0 saturated carbocycles. The van der Waals surface area contributed by atoms with Gasteiger partial charge in [-0.25, -0.2) is 4.79 Å². The topological polar surface area (TPSA) is 57.6 Å². The zero-order valence-electron chi connectivity index (χ0n) is 10.5. The molecule has 4 heteroatoms. The van der Waals surface area contributed by atoms with E-state index in [0.717, 1.165) is 18.4 Å². The number of amides is 1.